The number of carbonyl (C=O) groups is 1. The molecule has 1 aromatic heterocycles. The van der Waals surface area contributed by atoms with Crippen molar-refractivity contribution in [1.82, 2.24) is 16.2 Å². The van der Waals surface area contributed by atoms with Gasteiger partial charge in [0.15, 0.2) is 5.11 Å². The maximum atomic E-state index is 11.7. The number of hydrogen-bond acceptors (Lipinski definition) is 5. The van der Waals surface area contributed by atoms with Crippen LogP contribution in [0.3, 0.4) is 0 Å². The Kier molecular flexibility index (Phi) is 6.51. The number of nitrogens with zero attached hydrogens (tertiary/aromatic N) is 1. The normalized spacial score (nSPS) is 23.2. The average molecular weight is 366 g/mol. The molecule has 2 rings (SSSR count). The molecular formula is C16H22N4O4S. The molecule has 8 nitrogen and oxygen atoms in total. The van der Waals surface area contributed by atoms with Crippen molar-refractivity contribution in [1.29, 1.82) is 0 Å². The molecule has 9 heteroatoms. The van der Waals surface area contributed by atoms with Gasteiger partial charge in [-0.05, 0) is 42.6 Å². The minimum absolute atomic E-state index is 0.215. The Hall–Kier alpha value is -2.42. The average Bonchev–Trinajstić information content (AvgIpc) is 3.04. The summed E-state index contributed by atoms with van der Waals surface area (Å²) in [7, 11) is 0. The quantitative estimate of drug-likeness (QED) is 0.325. The first kappa shape index (κ1) is 18.9. The van der Waals surface area contributed by atoms with Crippen molar-refractivity contribution in [3.63, 3.8) is 0 Å². The second kappa shape index (κ2) is 8.61. The monoisotopic (exact) mass is 366 g/mol. The standard InChI is InChI=1S/C16H22N4O4S/c1-10-4-3-5-13(11(10)2)17-16(25)19-18-14(21)8-6-12-7-9-15(24-12)20(22)23/h6-11,13H,3-5H2,1-2H3,(H,18,21)(H2,17,19,25)/b8-6+/t10-,11+,13-/m0/s1. The van der Waals surface area contributed by atoms with E-state index in [2.05, 4.69) is 30.0 Å². The van der Waals surface area contributed by atoms with Gasteiger partial charge in [-0.3, -0.25) is 25.8 Å². The van der Waals surface area contributed by atoms with Gasteiger partial charge in [-0.2, -0.15) is 0 Å². The smallest absolute Gasteiger partial charge is 0.401 e. The lowest BCUT2D eigenvalue weighted by Gasteiger charge is -2.35. The van der Waals surface area contributed by atoms with Crippen molar-refractivity contribution in [3.8, 4) is 0 Å². The van der Waals surface area contributed by atoms with Gasteiger partial charge < -0.3 is 9.73 Å². The van der Waals surface area contributed by atoms with Crippen molar-refractivity contribution in [3.05, 3.63) is 34.1 Å². The van der Waals surface area contributed by atoms with Crippen LogP contribution in [0.5, 0.6) is 0 Å². The van der Waals surface area contributed by atoms with E-state index in [9.17, 15) is 14.9 Å². The second-order valence-electron chi connectivity index (χ2n) is 6.23. The maximum absolute atomic E-state index is 11.7. The number of nitro groups is 1. The lowest BCUT2D eigenvalue weighted by molar-refractivity contribution is -0.402. The molecule has 0 radical (unpaired) electrons. The van der Waals surface area contributed by atoms with Crippen LogP contribution in [0.2, 0.25) is 0 Å². The van der Waals surface area contributed by atoms with Gasteiger partial charge in [-0.25, -0.2) is 0 Å². The van der Waals surface area contributed by atoms with E-state index < -0.39 is 10.8 Å². The van der Waals surface area contributed by atoms with Gasteiger partial charge in [0.05, 0.1) is 6.07 Å². The van der Waals surface area contributed by atoms with Gasteiger partial charge in [-0.1, -0.05) is 26.7 Å². The Labute approximate surface area is 151 Å². The first-order valence-electron chi connectivity index (χ1n) is 8.15. The van der Waals surface area contributed by atoms with Crippen molar-refractivity contribution in [2.24, 2.45) is 11.8 Å². The van der Waals surface area contributed by atoms with Crippen LogP contribution in [-0.2, 0) is 4.79 Å². The summed E-state index contributed by atoms with van der Waals surface area (Å²) in [5, 5.41) is 14.1. The second-order valence-corrected chi connectivity index (χ2v) is 6.64. The Balaban J connectivity index is 1.76. The van der Waals surface area contributed by atoms with Crippen LogP contribution in [0.15, 0.2) is 22.6 Å². The van der Waals surface area contributed by atoms with Crippen molar-refractivity contribution < 1.29 is 14.1 Å². The van der Waals surface area contributed by atoms with Gasteiger partial charge in [-0.15, -0.1) is 0 Å². The largest absolute Gasteiger partial charge is 0.433 e. The predicted octanol–water partition coefficient (Wildman–Crippen LogP) is 2.52. The van der Waals surface area contributed by atoms with E-state index in [1.807, 2.05) is 0 Å². The van der Waals surface area contributed by atoms with E-state index in [1.165, 1.54) is 30.7 Å². The highest BCUT2D eigenvalue weighted by Gasteiger charge is 2.27. The fraction of sp³-hybridized carbons (Fsp3) is 0.500. The van der Waals surface area contributed by atoms with Crippen molar-refractivity contribution >= 4 is 35.2 Å². The fourth-order valence-corrected chi connectivity index (χ4v) is 3.04. The summed E-state index contributed by atoms with van der Waals surface area (Å²) in [5.74, 6) is 0.544. The van der Waals surface area contributed by atoms with Gasteiger partial charge in [0.1, 0.15) is 10.7 Å². The zero-order chi connectivity index (χ0) is 18.4. The summed E-state index contributed by atoms with van der Waals surface area (Å²) in [4.78, 5) is 21.6. The summed E-state index contributed by atoms with van der Waals surface area (Å²) in [5.41, 5.74) is 5.10. The van der Waals surface area contributed by atoms with Crippen LogP contribution in [0.25, 0.3) is 6.08 Å². The molecule has 1 aromatic rings. The van der Waals surface area contributed by atoms with E-state index in [-0.39, 0.29) is 11.6 Å². The Morgan fingerprint density at radius 1 is 1.36 bits per heavy atom. The first-order valence-corrected chi connectivity index (χ1v) is 8.56. The van der Waals surface area contributed by atoms with E-state index in [0.717, 1.165) is 12.8 Å². The van der Waals surface area contributed by atoms with Gasteiger partial charge in [0.2, 0.25) is 0 Å². The van der Waals surface area contributed by atoms with Gasteiger partial charge in [0.25, 0.3) is 5.91 Å². The van der Waals surface area contributed by atoms with Crippen LogP contribution in [-0.4, -0.2) is 22.0 Å². The summed E-state index contributed by atoms with van der Waals surface area (Å²) in [6.45, 7) is 4.44. The highest BCUT2D eigenvalue weighted by molar-refractivity contribution is 7.80. The lowest BCUT2D eigenvalue weighted by Crippen LogP contribution is -2.52. The number of hydrazine groups is 1. The molecule has 1 aliphatic carbocycles. The summed E-state index contributed by atoms with van der Waals surface area (Å²) < 4.78 is 4.92. The highest BCUT2D eigenvalue weighted by atomic mass is 32.1. The maximum Gasteiger partial charge on any atom is 0.433 e. The number of thiocarbonyl (C=S) groups is 1. The third-order valence-electron chi connectivity index (χ3n) is 4.51. The van der Waals surface area contributed by atoms with Crippen LogP contribution in [0.4, 0.5) is 5.88 Å². The topological polar surface area (TPSA) is 109 Å². The molecule has 25 heavy (non-hydrogen) atoms. The van der Waals surface area contributed by atoms with Gasteiger partial charge in [0, 0.05) is 12.1 Å². The van der Waals surface area contributed by atoms with Gasteiger partial charge >= 0.3 is 5.88 Å². The third-order valence-corrected chi connectivity index (χ3v) is 4.73. The first-order chi connectivity index (χ1) is 11.9. The van der Waals surface area contributed by atoms with Crippen LogP contribution in [0, 0.1) is 22.0 Å². The van der Waals surface area contributed by atoms with E-state index >= 15 is 0 Å². The van der Waals surface area contributed by atoms with E-state index in [4.69, 9.17) is 16.6 Å². The highest BCUT2D eigenvalue weighted by Crippen LogP contribution is 2.29. The minimum atomic E-state index is -0.643. The number of rotatable bonds is 4. The molecule has 0 unspecified atom stereocenters. The molecule has 0 bridgehead atoms. The van der Waals surface area contributed by atoms with Crippen molar-refractivity contribution in [2.45, 2.75) is 39.2 Å². The van der Waals surface area contributed by atoms with Crippen LogP contribution in [0.1, 0.15) is 38.9 Å². The summed E-state index contributed by atoms with van der Waals surface area (Å²) in [6, 6.07) is 2.92. The SMILES string of the molecule is C[C@H]1[C@@H](NC(=S)NNC(=O)/C=C/c2ccc([N+](=O)[O-])o2)CCC[C@@H]1C. The predicted molar refractivity (Wildman–Crippen MR) is 97.4 cm³/mol. The molecule has 1 heterocycles. The Morgan fingerprint density at radius 3 is 2.80 bits per heavy atom. The molecule has 0 aliphatic heterocycles. The van der Waals surface area contributed by atoms with Crippen molar-refractivity contribution in [2.75, 3.05) is 0 Å². The number of carbonyl (C=O) groups excluding carboxylic acids is 1. The summed E-state index contributed by atoms with van der Waals surface area (Å²) >= 11 is 5.20. The molecule has 0 aromatic carbocycles. The fourth-order valence-electron chi connectivity index (χ4n) is 2.84. The molecule has 1 amide bonds. The lowest BCUT2D eigenvalue weighted by atomic mass is 9.78. The molecule has 3 N–H and O–H groups in total. The Morgan fingerprint density at radius 2 is 2.12 bits per heavy atom. The number of nitrogens with one attached hydrogen (secondary N) is 3. The number of hydrogen-bond donors (Lipinski definition) is 3. The van der Waals surface area contributed by atoms with Crippen LogP contribution < -0.4 is 16.2 Å². The zero-order valence-electron chi connectivity index (χ0n) is 14.2. The molecular weight excluding hydrogens is 344 g/mol. The number of furan rings is 1. The minimum Gasteiger partial charge on any atom is -0.401 e. The molecule has 3 atom stereocenters. The summed E-state index contributed by atoms with van der Waals surface area (Å²) in [6.07, 6.45) is 5.98. The van der Waals surface area contributed by atoms with E-state index in [1.54, 1.807) is 0 Å². The molecule has 0 spiro atoms. The molecule has 136 valence electrons. The molecule has 1 saturated carbocycles. The molecule has 1 fully saturated rings. The zero-order valence-corrected chi connectivity index (χ0v) is 15.0. The number of amides is 1. The van der Waals surface area contributed by atoms with Crippen LogP contribution >= 0.6 is 12.2 Å². The Bertz CT molecular complexity index is 673. The third kappa shape index (κ3) is 5.56. The molecule has 1 aliphatic rings. The molecule has 0 saturated heterocycles. The van der Waals surface area contributed by atoms with E-state index in [0.29, 0.717) is 23.0 Å².